The highest BCUT2D eigenvalue weighted by molar-refractivity contribution is 9.11. The van der Waals surface area contributed by atoms with Crippen LogP contribution in [-0.2, 0) is 0 Å². The number of rotatable bonds is 5. The van der Waals surface area contributed by atoms with Gasteiger partial charge in [0.05, 0.1) is 12.1 Å². The molecule has 0 N–H and O–H groups in total. The van der Waals surface area contributed by atoms with Gasteiger partial charge >= 0.3 is 0 Å². The average Bonchev–Trinajstić information content (AvgIpc) is 2.50. The van der Waals surface area contributed by atoms with Gasteiger partial charge in [-0.15, -0.1) is 0 Å². The molecule has 0 atom stereocenters. The number of hydrogen-bond donors (Lipinski definition) is 0. The van der Waals surface area contributed by atoms with E-state index in [2.05, 4.69) is 31.9 Å². The van der Waals surface area contributed by atoms with Gasteiger partial charge in [0.25, 0.3) is 5.91 Å². The Kier molecular flexibility index (Phi) is 5.82. The molecule has 0 aliphatic heterocycles. The van der Waals surface area contributed by atoms with Crippen LogP contribution in [0.25, 0.3) is 0 Å². The first kappa shape index (κ1) is 16.0. The van der Waals surface area contributed by atoms with Crippen molar-refractivity contribution in [1.29, 1.82) is 0 Å². The molecule has 2 aromatic rings. The van der Waals surface area contributed by atoms with Crippen molar-refractivity contribution in [3.8, 4) is 5.75 Å². The zero-order chi connectivity index (χ0) is 15.2. The third kappa shape index (κ3) is 4.58. The number of hydrogen-bond acceptors (Lipinski definition) is 2. The van der Waals surface area contributed by atoms with Crippen LogP contribution in [0.5, 0.6) is 5.75 Å². The summed E-state index contributed by atoms with van der Waals surface area (Å²) < 4.78 is 7.26. The van der Waals surface area contributed by atoms with E-state index in [1.54, 1.807) is 18.0 Å². The van der Waals surface area contributed by atoms with Crippen LogP contribution >= 0.6 is 31.9 Å². The van der Waals surface area contributed by atoms with Crippen LogP contribution in [0.15, 0.2) is 57.5 Å². The molecule has 21 heavy (non-hydrogen) atoms. The van der Waals surface area contributed by atoms with Crippen molar-refractivity contribution in [1.82, 2.24) is 4.90 Å². The van der Waals surface area contributed by atoms with Gasteiger partial charge in [0.2, 0.25) is 0 Å². The third-order valence-electron chi connectivity index (χ3n) is 2.94. The standard InChI is InChI=1S/C16H15Br2NO2/c1-19(9-10-21-13-5-3-2-4-6-13)16(20)14-11-12(17)7-8-15(14)18/h2-8,11H,9-10H2,1H3. The predicted octanol–water partition coefficient (Wildman–Crippen LogP) is 4.36. The molecular formula is C16H15Br2NO2. The summed E-state index contributed by atoms with van der Waals surface area (Å²) in [6, 6.07) is 15.1. The van der Waals surface area contributed by atoms with E-state index in [1.807, 2.05) is 42.5 Å². The van der Waals surface area contributed by atoms with Crippen LogP contribution in [0.1, 0.15) is 10.4 Å². The van der Waals surface area contributed by atoms with E-state index in [1.165, 1.54) is 0 Å². The van der Waals surface area contributed by atoms with Crippen LogP contribution in [0, 0.1) is 0 Å². The Morgan fingerprint density at radius 1 is 1.14 bits per heavy atom. The second-order valence-electron chi connectivity index (χ2n) is 4.51. The molecule has 0 heterocycles. The zero-order valence-corrected chi connectivity index (χ0v) is 14.7. The molecule has 5 heteroatoms. The minimum Gasteiger partial charge on any atom is -0.492 e. The van der Waals surface area contributed by atoms with E-state index in [-0.39, 0.29) is 5.91 Å². The second kappa shape index (κ2) is 7.61. The van der Waals surface area contributed by atoms with E-state index >= 15 is 0 Å². The number of likely N-dealkylation sites (N-methyl/N-ethyl adjacent to an activating group) is 1. The Morgan fingerprint density at radius 3 is 2.57 bits per heavy atom. The summed E-state index contributed by atoms with van der Waals surface area (Å²) in [6.45, 7) is 0.977. The van der Waals surface area contributed by atoms with Crippen molar-refractivity contribution in [2.24, 2.45) is 0 Å². The lowest BCUT2D eigenvalue weighted by Crippen LogP contribution is -2.31. The van der Waals surface area contributed by atoms with Crippen LogP contribution in [0.3, 0.4) is 0 Å². The molecule has 0 aliphatic carbocycles. The van der Waals surface area contributed by atoms with E-state index < -0.39 is 0 Å². The summed E-state index contributed by atoms with van der Waals surface area (Å²) in [4.78, 5) is 14.0. The van der Waals surface area contributed by atoms with Gasteiger partial charge in [0.15, 0.2) is 0 Å². The average molecular weight is 413 g/mol. The maximum atomic E-state index is 12.4. The SMILES string of the molecule is CN(CCOc1ccccc1)C(=O)c1cc(Br)ccc1Br. The number of nitrogens with zero attached hydrogens (tertiary/aromatic N) is 1. The van der Waals surface area contributed by atoms with E-state index in [4.69, 9.17) is 4.74 Å². The topological polar surface area (TPSA) is 29.5 Å². The second-order valence-corrected chi connectivity index (χ2v) is 6.28. The fourth-order valence-corrected chi connectivity index (χ4v) is 2.56. The van der Waals surface area contributed by atoms with Crippen molar-refractivity contribution in [2.75, 3.05) is 20.2 Å². The molecule has 3 nitrogen and oxygen atoms in total. The summed E-state index contributed by atoms with van der Waals surface area (Å²) in [5.41, 5.74) is 0.631. The van der Waals surface area contributed by atoms with Gasteiger partial charge in [-0.25, -0.2) is 0 Å². The van der Waals surface area contributed by atoms with Crippen molar-refractivity contribution in [2.45, 2.75) is 0 Å². The molecule has 0 saturated carbocycles. The first-order valence-electron chi connectivity index (χ1n) is 6.46. The number of amides is 1. The fraction of sp³-hybridized carbons (Fsp3) is 0.188. The van der Waals surface area contributed by atoms with E-state index in [0.717, 1.165) is 14.7 Å². The molecule has 0 saturated heterocycles. The first-order chi connectivity index (χ1) is 10.1. The van der Waals surface area contributed by atoms with Crippen molar-refractivity contribution in [3.63, 3.8) is 0 Å². The van der Waals surface area contributed by atoms with Gasteiger partial charge in [-0.2, -0.15) is 0 Å². The molecule has 0 unspecified atom stereocenters. The Labute approximate surface area is 141 Å². The van der Waals surface area contributed by atoms with Gasteiger partial charge in [-0.3, -0.25) is 4.79 Å². The first-order valence-corrected chi connectivity index (χ1v) is 8.05. The fourth-order valence-electron chi connectivity index (χ4n) is 1.79. The Hall–Kier alpha value is -1.33. The number of carbonyl (C=O) groups is 1. The number of halogens is 2. The molecular weight excluding hydrogens is 398 g/mol. The zero-order valence-electron chi connectivity index (χ0n) is 11.6. The number of carbonyl (C=O) groups excluding carboxylic acids is 1. The maximum absolute atomic E-state index is 12.4. The monoisotopic (exact) mass is 411 g/mol. The van der Waals surface area contributed by atoms with Crippen molar-refractivity contribution < 1.29 is 9.53 Å². The lowest BCUT2D eigenvalue weighted by molar-refractivity contribution is 0.0773. The smallest absolute Gasteiger partial charge is 0.254 e. The summed E-state index contributed by atoms with van der Waals surface area (Å²) in [6.07, 6.45) is 0. The van der Waals surface area contributed by atoms with E-state index in [0.29, 0.717) is 18.7 Å². The van der Waals surface area contributed by atoms with Crippen LogP contribution in [-0.4, -0.2) is 31.0 Å². The lowest BCUT2D eigenvalue weighted by Gasteiger charge is -2.18. The maximum Gasteiger partial charge on any atom is 0.254 e. The lowest BCUT2D eigenvalue weighted by atomic mass is 10.2. The van der Waals surface area contributed by atoms with Crippen molar-refractivity contribution >= 4 is 37.8 Å². The highest BCUT2D eigenvalue weighted by Crippen LogP contribution is 2.22. The molecule has 1 amide bonds. The van der Waals surface area contributed by atoms with Gasteiger partial charge in [0.1, 0.15) is 12.4 Å². The van der Waals surface area contributed by atoms with Gasteiger partial charge < -0.3 is 9.64 Å². The number of benzene rings is 2. The molecule has 2 aromatic carbocycles. The van der Waals surface area contributed by atoms with Crippen molar-refractivity contribution in [3.05, 3.63) is 63.0 Å². The number of para-hydroxylation sites is 1. The Balaban J connectivity index is 1.92. The van der Waals surface area contributed by atoms with Crippen LogP contribution in [0.2, 0.25) is 0 Å². The molecule has 2 rings (SSSR count). The molecule has 0 fully saturated rings. The Morgan fingerprint density at radius 2 is 1.86 bits per heavy atom. The van der Waals surface area contributed by atoms with Gasteiger partial charge in [-0.05, 0) is 46.3 Å². The predicted molar refractivity (Wildman–Crippen MR) is 90.7 cm³/mol. The van der Waals surface area contributed by atoms with Crippen LogP contribution in [0.4, 0.5) is 0 Å². The molecule has 0 bridgehead atoms. The minimum atomic E-state index is -0.0418. The Bertz CT molecular complexity index is 617. The molecule has 0 spiro atoms. The highest BCUT2D eigenvalue weighted by atomic mass is 79.9. The minimum absolute atomic E-state index is 0.0418. The summed E-state index contributed by atoms with van der Waals surface area (Å²) in [5, 5.41) is 0. The summed E-state index contributed by atoms with van der Waals surface area (Å²) in [5.74, 6) is 0.766. The molecule has 0 aliphatic rings. The molecule has 0 aromatic heterocycles. The number of ether oxygens (including phenoxy) is 1. The molecule has 0 radical (unpaired) electrons. The summed E-state index contributed by atoms with van der Waals surface area (Å²) in [7, 11) is 1.77. The quantitative estimate of drug-likeness (QED) is 0.729. The highest BCUT2D eigenvalue weighted by Gasteiger charge is 2.15. The third-order valence-corrected chi connectivity index (χ3v) is 4.13. The molecule has 110 valence electrons. The summed E-state index contributed by atoms with van der Waals surface area (Å²) >= 11 is 6.79. The largest absolute Gasteiger partial charge is 0.492 e. The van der Waals surface area contributed by atoms with Gasteiger partial charge in [0, 0.05) is 16.0 Å². The van der Waals surface area contributed by atoms with E-state index in [9.17, 15) is 4.79 Å². The normalized spacial score (nSPS) is 10.2. The van der Waals surface area contributed by atoms with Crippen LogP contribution < -0.4 is 4.74 Å². The van der Waals surface area contributed by atoms with Gasteiger partial charge in [-0.1, -0.05) is 34.1 Å².